The van der Waals surface area contributed by atoms with Gasteiger partial charge < -0.3 is 15.5 Å². The van der Waals surface area contributed by atoms with Gasteiger partial charge in [0.15, 0.2) is 0 Å². The number of pyridine rings is 1. The van der Waals surface area contributed by atoms with Gasteiger partial charge in [-0.2, -0.15) is 0 Å². The van der Waals surface area contributed by atoms with Crippen LogP contribution in [0.4, 0.5) is 5.69 Å². The number of amides is 3. The Hall–Kier alpha value is -3.16. The third kappa shape index (κ3) is 4.25. The van der Waals surface area contributed by atoms with Crippen molar-refractivity contribution >= 4 is 57.5 Å². The molecule has 3 aliphatic heterocycles. The van der Waals surface area contributed by atoms with Crippen LogP contribution in [0.5, 0.6) is 0 Å². The Labute approximate surface area is 242 Å². The number of carbonyl (C=O) groups excluding carboxylic acids is 3. The van der Waals surface area contributed by atoms with Crippen molar-refractivity contribution in [1.29, 1.82) is 0 Å². The van der Waals surface area contributed by atoms with Gasteiger partial charge in [0.2, 0.25) is 5.91 Å². The first kappa shape index (κ1) is 25.8. The van der Waals surface area contributed by atoms with E-state index >= 15 is 0 Å². The lowest BCUT2D eigenvalue weighted by Crippen LogP contribution is -2.58. The summed E-state index contributed by atoms with van der Waals surface area (Å²) < 4.78 is 0. The summed E-state index contributed by atoms with van der Waals surface area (Å²) in [6, 6.07) is 9.12. The van der Waals surface area contributed by atoms with Gasteiger partial charge in [-0.1, -0.05) is 29.3 Å². The van der Waals surface area contributed by atoms with E-state index < -0.39 is 5.54 Å². The number of anilines is 1. The third-order valence-corrected chi connectivity index (χ3v) is 9.89. The molecule has 2 saturated heterocycles. The number of hydrogen-bond acceptors (Lipinski definition) is 4. The van der Waals surface area contributed by atoms with Crippen LogP contribution < -0.4 is 10.6 Å². The van der Waals surface area contributed by atoms with Gasteiger partial charge in [0.25, 0.3) is 11.8 Å². The molecule has 40 heavy (non-hydrogen) atoms. The summed E-state index contributed by atoms with van der Waals surface area (Å²) >= 11 is 13.2. The summed E-state index contributed by atoms with van der Waals surface area (Å²) in [6.07, 6.45) is 7.50. The average Bonchev–Trinajstić information content (AvgIpc) is 3.42. The maximum atomic E-state index is 13.8. The van der Waals surface area contributed by atoms with Crippen molar-refractivity contribution in [3.8, 4) is 0 Å². The zero-order valence-corrected chi connectivity index (χ0v) is 23.8. The minimum atomic E-state index is -0.479. The van der Waals surface area contributed by atoms with Crippen molar-refractivity contribution < 1.29 is 14.4 Å². The quantitative estimate of drug-likeness (QED) is 0.408. The Balaban J connectivity index is 1.10. The molecule has 7 nitrogen and oxygen atoms in total. The van der Waals surface area contributed by atoms with Crippen LogP contribution in [0.25, 0.3) is 10.9 Å². The molecule has 2 aromatic carbocycles. The number of aryl methyl sites for hydroxylation is 1. The number of piperidine rings is 1. The van der Waals surface area contributed by atoms with Gasteiger partial charge in [0.05, 0.1) is 27.5 Å². The number of aromatic nitrogens is 1. The third-order valence-electron chi connectivity index (χ3n) is 9.14. The summed E-state index contributed by atoms with van der Waals surface area (Å²) in [5.41, 5.74) is 4.95. The number of carbonyl (C=O) groups is 3. The number of rotatable bonds is 3. The van der Waals surface area contributed by atoms with Crippen LogP contribution in [0.3, 0.4) is 0 Å². The fourth-order valence-corrected chi connectivity index (χ4v) is 7.94. The molecule has 2 unspecified atom stereocenters. The van der Waals surface area contributed by atoms with Crippen molar-refractivity contribution in [3.63, 3.8) is 0 Å². The highest BCUT2D eigenvalue weighted by molar-refractivity contribution is 6.36. The van der Waals surface area contributed by atoms with Gasteiger partial charge in [-0.3, -0.25) is 19.4 Å². The Morgan fingerprint density at radius 2 is 1.82 bits per heavy atom. The zero-order valence-electron chi connectivity index (χ0n) is 22.3. The SMILES string of the molecule is CC1(NC(=O)c2cc3c(cc2Cl)NC(=O)C3)CC2CC[C@@H](C1)N2C(=O)c1ccc2c(Cl)c3c(nc2c1)CCCC3. The molecule has 9 heteroatoms. The lowest BCUT2D eigenvalue weighted by Gasteiger charge is -2.45. The minimum absolute atomic E-state index is 0.0113. The predicted molar refractivity (Wildman–Crippen MR) is 155 cm³/mol. The van der Waals surface area contributed by atoms with Gasteiger partial charge in [-0.05, 0) is 93.7 Å². The van der Waals surface area contributed by atoms with E-state index in [1.165, 1.54) is 0 Å². The second kappa shape index (κ2) is 9.45. The van der Waals surface area contributed by atoms with Crippen molar-refractivity contribution in [2.75, 3.05) is 5.32 Å². The van der Waals surface area contributed by atoms with Crippen LogP contribution in [0.15, 0.2) is 30.3 Å². The van der Waals surface area contributed by atoms with Crippen LogP contribution >= 0.6 is 23.2 Å². The molecule has 2 bridgehead atoms. The van der Waals surface area contributed by atoms with Crippen LogP contribution in [0, 0.1) is 0 Å². The van der Waals surface area contributed by atoms with E-state index in [0.29, 0.717) is 34.7 Å². The largest absolute Gasteiger partial charge is 0.347 e. The second-order valence-corrected chi connectivity index (χ2v) is 12.8. The maximum Gasteiger partial charge on any atom is 0.254 e. The summed E-state index contributed by atoms with van der Waals surface area (Å²) in [7, 11) is 0. The van der Waals surface area contributed by atoms with E-state index in [0.717, 1.165) is 71.3 Å². The number of fused-ring (bicyclic) bond motifs is 5. The van der Waals surface area contributed by atoms with Crippen LogP contribution in [0.1, 0.15) is 83.0 Å². The predicted octanol–water partition coefficient (Wildman–Crippen LogP) is 5.87. The molecule has 0 spiro atoms. The van der Waals surface area contributed by atoms with Crippen molar-refractivity contribution in [2.45, 2.75) is 82.3 Å². The highest BCUT2D eigenvalue weighted by Gasteiger charge is 2.49. The Morgan fingerprint density at radius 1 is 1.07 bits per heavy atom. The Kier molecular flexibility index (Phi) is 6.09. The van der Waals surface area contributed by atoms with Gasteiger partial charge in [0, 0.05) is 40.0 Å². The number of nitrogens with zero attached hydrogens (tertiary/aromatic N) is 2. The molecule has 2 fully saturated rings. The smallest absolute Gasteiger partial charge is 0.254 e. The molecule has 7 rings (SSSR count). The monoisotopic (exact) mass is 576 g/mol. The van der Waals surface area contributed by atoms with E-state index in [1.54, 1.807) is 12.1 Å². The van der Waals surface area contributed by atoms with E-state index in [2.05, 4.69) is 17.6 Å². The molecular weight excluding hydrogens is 547 g/mol. The second-order valence-electron chi connectivity index (χ2n) is 12.0. The topological polar surface area (TPSA) is 91.4 Å². The Bertz CT molecular complexity index is 1610. The van der Waals surface area contributed by atoms with Gasteiger partial charge in [-0.25, -0.2) is 0 Å². The highest BCUT2D eigenvalue weighted by Crippen LogP contribution is 2.42. The molecule has 0 saturated carbocycles. The first-order valence-corrected chi connectivity index (χ1v) is 14.8. The standard InChI is InChI=1S/C31H30Cl2N4O3/c1-31(36-29(39)22-10-17-12-27(38)35-25(17)13-23(22)32)14-18-7-8-19(15-31)37(18)30(40)16-6-9-21-26(11-16)34-24-5-3-2-4-20(24)28(21)33/h6,9-11,13,18-19H,2-5,7-8,12,14-15H2,1H3,(H,35,38)(H,36,39)/t18-,19?,31?/m0/s1. The molecule has 206 valence electrons. The molecule has 4 heterocycles. The summed E-state index contributed by atoms with van der Waals surface area (Å²) in [5, 5.41) is 7.97. The minimum Gasteiger partial charge on any atom is -0.347 e. The van der Waals surface area contributed by atoms with E-state index in [9.17, 15) is 14.4 Å². The fraction of sp³-hybridized carbons (Fsp3) is 0.419. The number of hydrogen-bond donors (Lipinski definition) is 2. The normalized spacial score (nSPS) is 25.0. The average molecular weight is 578 g/mol. The van der Waals surface area contributed by atoms with E-state index in [4.69, 9.17) is 28.2 Å². The molecule has 4 aliphatic rings. The first-order valence-electron chi connectivity index (χ1n) is 14.1. The van der Waals surface area contributed by atoms with Gasteiger partial charge in [-0.15, -0.1) is 0 Å². The molecule has 0 radical (unpaired) electrons. The van der Waals surface area contributed by atoms with Gasteiger partial charge >= 0.3 is 0 Å². The lowest BCUT2D eigenvalue weighted by atomic mass is 9.83. The fourth-order valence-electron chi connectivity index (χ4n) is 7.33. The van der Waals surface area contributed by atoms with Crippen LogP contribution in [-0.2, 0) is 24.1 Å². The van der Waals surface area contributed by atoms with Crippen LogP contribution in [-0.4, -0.2) is 45.2 Å². The molecular formula is C31H30Cl2N4O3. The first-order chi connectivity index (χ1) is 19.2. The summed E-state index contributed by atoms with van der Waals surface area (Å²) in [5.74, 6) is -0.347. The van der Waals surface area contributed by atoms with Crippen molar-refractivity contribution in [1.82, 2.24) is 15.2 Å². The molecule has 1 aromatic heterocycles. The number of benzene rings is 2. The molecule has 3 aromatic rings. The molecule has 1 aliphatic carbocycles. The molecule has 3 atom stereocenters. The van der Waals surface area contributed by atoms with E-state index in [1.807, 2.05) is 23.1 Å². The number of halogens is 2. The van der Waals surface area contributed by atoms with Gasteiger partial charge in [0.1, 0.15) is 0 Å². The summed E-state index contributed by atoms with van der Waals surface area (Å²) in [4.78, 5) is 45.9. The zero-order chi connectivity index (χ0) is 27.8. The number of nitrogens with one attached hydrogen (secondary N) is 2. The summed E-state index contributed by atoms with van der Waals surface area (Å²) in [6.45, 7) is 2.05. The highest BCUT2D eigenvalue weighted by atomic mass is 35.5. The van der Waals surface area contributed by atoms with Crippen LogP contribution in [0.2, 0.25) is 10.0 Å². The maximum absolute atomic E-state index is 13.8. The van der Waals surface area contributed by atoms with E-state index in [-0.39, 0.29) is 36.2 Å². The van der Waals surface area contributed by atoms with Crippen molar-refractivity contribution in [3.05, 3.63) is 68.3 Å². The molecule has 3 amide bonds. The lowest BCUT2D eigenvalue weighted by molar-refractivity contribution is -0.115. The van der Waals surface area contributed by atoms with Crippen molar-refractivity contribution in [2.24, 2.45) is 0 Å². The molecule has 2 N–H and O–H groups in total. The Morgan fingerprint density at radius 3 is 2.60 bits per heavy atom.